The Morgan fingerprint density at radius 3 is 2.73 bits per heavy atom. The van der Waals surface area contributed by atoms with E-state index in [0.717, 1.165) is 69.5 Å². The predicted octanol–water partition coefficient (Wildman–Crippen LogP) is 6.36. The van der Waals surface area contributed by atoms with Gasteiger partial charge in [-0.3, -0.25) is 9.69 Å². The highest BCUT2D eigenvalue weighted by molar-refractivity contribution is 7.10. The molecule has 0 bridgehead atoms. The van der Waals surface area contributed by atoms with Gasteiger partial charge in [0.2, 0.25) is 11.9 Å². The zero-order valence-corrected chi connectivity index (χ0v) is 25.5. The van der Waals surface area contributed by atoms with Crippen molar-refractivity contribution < 1.29 is 9.53 Å². The number of nitrogens with zero attached hydrogens (tertiary/aromatic N) is 5. The van der Waals surface area contributed by atoms with Gasteiger partial charge in [0.15, 0.2) is 0 Å². The maximum absolute atomic E-state index is 12.6. The van der Waals surface area contributed by atoms with Crippen molar-refractivity contribution in [2.75, 3.05) is 31.6 Å². The minimum atomic E-state index is -0.541. The maximum Gasteiger partial charge on any atom is 0.230 e. The van der Waals surface area contributed by atoms with E-state index in [4.69, 9.17) is 20.6 Å². The number of amides is 1. The van der Waals surface area contributed by atoms with Crippen LogP contribution in [0.5, 0.6) is 5.75 Å². The molecule has 10 heteroatoms. The van der Waals surface area contributed by atoms with Gasteiger partial charge in [-0.2, -0.15) is 5.10 Å². The molecule has 1 unspecified atom stereocenters. The first-order valence-corrected chi connectivity index (χ1v) is 16.0. The van der Waals surface area contributed by atoms with Crippen molar-refractivity contribution in [1.82, 2.24) is 24.5 Å². The third-order valence-corrected chi connectivity index (χ3v) is 8.96. The molecule has 5 heterocycles. The van der Waals surface area contributed by atoms with Gasteiger partial charge in [-0.05, 0) is 79.3 Å². The molecule has 45 heavy (non-hydrogen) atoms. The van der Waals surface area contributed by atoms with Gasteiger partial charge in [0.25, 0.3) is 0 Å². The van der Waals surface area contributed by atoms with Gasteiger partial charge >= 0.3 is 0 Å². The number of aromatic nitrogens is 4. The van der Waals surface area contributed by atoms with E-state index in [9.17, 15) is 4.79 Å². The summed E-state index contributed by atoms with van der Waals surface area (Å²) in [4.78, 5) is 25.3. The van der Waals surface area contributed by atoms with Crippen molar-refractivity contribution in [3.8, 4) is 28.3 Å². The predicted molar refractivity (Wildman–Crippen MR) is 178 cm³/mol. The van der Waals surface area contributed by atoms with Crippen LogP contribution in [0.25, 0.3) is 28.0 Å². The van der Waals surface area contributed by atoms with Gasteiger partial charge in [-0.15, -0.1) is 11.3 Å². The quantitative estimate of drug-likeness (QED) is 0.175. The van der Waals surface area contributed by atoms with Crippen molar-refractivity contribution in [3.05, 3.63) is 113 Å². The van der Waals surface area contributed by atoms with Crippen LogP contribution in [0.2, 0.25) is 0 Å². The highest BCUT2D eigenvalue weighted by Crippen LogP contribution is 2.37. The van der Waals surface area contributed by atoms with Crippen LogP contribution in [0.1, 0.15) is 29.2 Å². The fourth-order valence-corrected chi connectivity index (χ4v) is 6.75. The minimum absolute atomic E-state index is 0.391. The van der Waals surface area contributed by atoms with Gasteiger partial charge in [0.1, 0.15) is 18.1 Å². The number of thiophene rings is 1. The molecular formula is C35H33N7O2S. The SMILES string of the molecule is NC(=O)C(c1cccc(-c2nn3ccccc3c2-c2ccnc(Nc3cccc(OCCN4CCCC4)c3)n2)c1)c1cccs1. The smallest absolute Gasteiger partial charge is 0.230 e. The third kappa shape index (κ3) is 6.29. The number of primary amides is 1. The van der Waals surface area contributed by atoms with Crippen LogP contribution in [0.4, 0.5) is 11.6 Å². The zero-order valence-electron chi connectivity index (χ0n) is 24.7. The van der Waals surface area contributed by atoms with Crippen molar-refractivity contribution in [1.29, 1.82) is 0 Å². The van der Waals surface area contributed by atoms with Crippen LogP contribution in [0.3, 0.4) is 0 Å². The highest BCUT2D eigenvalue weighted by Gasteiger charge is 2.24. The summed E-state index contributed by atoms with van der Waals surface area (Å²) in [5, 5.41) is 10.3. The molecule has 1 aliphatic rings. The van der Waals surface area contributed by atoms with Crippen molar-refractivity contribution in [2.24, 2.45) is 5.73 Å². The Labute approximate surface area is 265 Å². The second kappa shape index (κ2) is 12.9. The molecule has 1 amide bonds. The lowest BCUT2D eigenvalue weighted by Crippen LogP contribution is -2.25. The highest BCUT2D eigenvalue weighted by atomic mass is 32.1. The second-order valence-electron chi connectivity index (χ2n) is 11.0. The van der Waals surface area contributed by atoms with Gasteiger partial charge in [-0.1, -0.05) is 36.4 Å². The molecule has 226 valence electrons. The van der Waals surface area contributed by atoms with Crippen molar-refractivity contribution in [2.45, 2.75) is 18.8 Å². The van der Waals surface area contributed by atoms with Crippen LogP contribution in [0, 0.1) is 0 Å². The van der Waals surface area contributed by atoms with E-state index in [-0.39, 0.29) is 0 Å². The molecular weight excluding hydrogens is 582 g/mol. The Morgan fingerprint density at radius 1 is 1.00 bits per heavy atom. The number of nitrogens with one attached hydrogen (secondary N) is 1. The number of carbonyl (C=O) groups is 1. The van der Waals surface area contributed by atoms with Crippen LogP contribution in [-0.4, -0.2) is 56.6 Å². The van der Waals surface area contributed by atoms with Crippen LogP contribution >= 0.6 is 11.3 Å². The molecule has 1 fully saturated rings. The van der Waals surface area contributed by atoms with E-state index in [1.165, 1.54) is 24.2 Å². The minimum Gasteiger partial charge on any atom is -0.492 e. The summed E-state index contributed by atoms with van der Waals surface area (Å²) in [5.74, 6) is 0.331. The molecule has 7 rings (SSSR count). The first kappa shape index (κ1) is 28.7. The van der Waals surface area contributed by atoms with E-state index in [1.807, 2.05) is 101 Å². The van der Waals surface area contributed by atoms with Gasteiger partial charge in [0.05, 0.1) is 22.7 Å². The normalized spacial score (nSPS) is 14.0. The Bertz CT molecular complexity index is 1930. The number of hydrogen-bond donors (Lipinski definition) is 2. The lowest BCUT2D eigenvalue weighted by atomic mass is 9.93. The van der Waals surface area contributed by atoms with E-state index >= 15 is 0 Å². The average Bonchev–Trinajstić information content (AvgIpc) is 3.84. The number of rotatable bonds is 11. The summed E-state index contributed by atoms with van der Waals surface area (Å²) >= 11 is 1.52. The number of benzene rings is 2. The Hall–Kier alpha value is -5.06. The molecule has 0 saturated carbocycles. The Kier molecular flexibility index (Phi) is 8.22. The summed E-state index contributed by atoms with van der Waals surface area (Å²) in [6.07, 6.45) is 6.20. The number of carbonyl (C=O) groups excluding carboxylic acids is 1. The largest absolute Gasteiger partial charge is 0.492 e. The molecule has 6 aromatic rings. The fourth-order valence-electron chi connectivity index (χ4n) is 5.89. The first-order valence-electron chi connectivity index (χ1n) is 15.1. The van der Waals surface area contributed by atoms with E-state index in [2.05, 4.69) is 15.2 Å². The van der Waals surface area contributed by atoms with Gasteiger partial charge in [0, 0.05) is 41.1 Å². The summed E-state index contributed by atoms with van der Waals surface area (Å²) < 4.78 is 7.89. The molecule has 1 aliphatic heterocycles. The molecule has 1 saturated heterocycles. The molecule has 0 spiro atoms. The fraction of sp³-hybridized carbons (Fsp3) is 0.200. The summed E-state index contributed by atoms with van der Waals surface area (Å²) in [6.45, 7) is 3.90. The van der Waals surface area contributed by atoms with Crippen LogP contribution < -0.4 is 15.8 Å². The number of likely N-dealkylation sites (tertiary alicyclic amines) is 1. The average molecular weight is 616 g/mol. The molecule has 0 radical (unpaired) electrons. The molecule has 0 aliphatic carbocycles. The number of nitrogens with two attached hydrogens (primary N) is 1. The Balaban J connectivity index is 1.19. The Morgan fingerprint density at radius 2 is 1.89 bits per heavy atom. The number of ether oxygens (including phenoxy) is 1. The summed E-state index contributed by atoms with van der Waals surface area (Å²) in [6, 6.07) is 27.4. The lowest BCUT2D eigenvalue weighted by Gasteiger charge is -2.15. The van der Waals surface area contributed by atoms with E-state index in [1.54, 1.807) is 6.20 Å². The standard InChI is InChI=1S/C35H33N7O2S/c36-34(43)31(30-13-7-21-45-30)24-8-5-9-25(22-24)33-32(29-12-1-2-18-42(29)40-33)28-14-15-37-35(39-28)38-26-10-6-11-27(23-26)44-20-19-41-16-3-4-17-41/h1-2,5-15,18,21-23,31H,3-4,16-17,19-20H2,(H2,36,43)(H,37,38,39). The molecule has 3 N–H and O–H groups in total. The van der Waals surface area contributed by atoms with Crippen LogP contribution in [-0.2, 0) is 4.79 Å². The molecule has 1 atom stereocenters. The number of fused-ring (bicyclic) bond motifs is 1. The van der Waals surface area contributed by atoms with Gasteiger partial charge < -0.3 is 15.8 Å². The van der Waals surface area contributed by atoms with E-state index < -0.39 is 11.8 Å². The van der Waals surface area contributed by atoms with Crippen molar-refractivity contribution >= 4 is 34.4 Å². The number of anilines is 2. The van der Waals surface area contributed by atoms with Gasteiger partial charge in [-0.25, -0.2) is 14.5 Å². The monoisotopic (exact) mass is 615 g/mol. The number of pyridine rings is 1. The van der Waals surface area contributed by atoms with Crippen molar-refractivity contribution in [3.63, 3.8) is 0 Å². The second-order valence-corrected chi connectivity index (χ2v) is 12.0. The van der Waals surface area contributed by atoms with Crippen LogP contribution in [0.15, 0.2) is 103 Å². The molecule has 4 aromatic heterocycles. The molecule has 2 aromatic carbocycles. The third-order valence-electron chi connectivity index (χ3n) is 8.02. The first-order chi connectivity index (χ1) is 22.1. The topological polar surface area (TPSA) is 111 Å². The summed E-state index contributed by atoms with van der Waals surface area (Å²) in [5.41, 5.74) is 11.6. The lowest BCUT2D eigenvalue weighted by molar-refractivity contribution is -0.118. The zero-order chi connectivity index (χ0) is 30.6. The maximum atomic E-state index is 12.6. The molecule has 9 nitrogen and oxygen atoms in total. The number of hydrogen-bond acceptors (Lipinski definition) is 8. The summed E-state index contributed by atoms with van der Waals surface area (Å²) in [7, 11) is 0. The van der Waals surface area contributed by atoms with E-state index in [0.29, 0.717) is 12.6 Å².